The van der Waals surface area contributed by atoms with Gasteiger partial charge in [-0.15, -0.1) is 0 Å². The van der Waals surface area contributed by atoms with Gasteiger partial charge >= 0.3 is 0 Å². The van der Waals surface area contributed by atoms with Crippen molar-refractivity contribution in [3.63, 3.8) is 0 Å². The number of nitrogens with two attached hydrogens (primary N) is 1. The molecule has 0 amide bonds. The molecule has 18 heavy (non-hydrogen) atoms. The Morgan fingerprint density at radius 2 is 2.11 bits per heavy atom. The largest absolute Gasteiger partial charge is 0.326 e. The Kier molecular flexibility index (Phi) is 2.57. The SMILES string of the molecule is Cc1cccc(-n2ncc3cc(CN)cnc32)c1. The lowest BCUT2D eigenvalue weighted by Gasteiger charge is -2.04. The van der Waals surface area contributed by atoms with Crippen LogP contribution in [0.2, 0.25) is 0 Å². The highest BCUT2D eigenvalue weighted by Gasteiger charge is 2.06. The summed E-state index contributed by atoms with van der Waals surface area (Å²) in [6.45, 7) is 2.56. The highest BCUT2D eigenvalue weighted by molar-refractivity contribution is 5.76. The zero-order valence-electron chi connectivity index (χ0n) is 10.2. The first kappa shape index (κ1) is 10.9. The van der Waals surface area contributed by atoms with Crippen LogP contribution in [0.4, 0.5) is 0 Å². The van der Waals surface area contributed by atoms with E-state index in [1.165, 1.54) is 5.56 Å². The predicted molar refractivity (Wildman–Crippen MR) is 71.5 cm³/mol. The summed E-state index contributed by atoms with van der Waals surface area (Å²) in [5.41, 5.74) is 9.72. The smallest absolute Gasteiger partial charge is 0.162 e. The van der Waals surface area contributed by atoms with E-state index in [1.54, 1.807) is 6.20 Å². The Morgan fingerprint density at radius 1 is 1.22 bits per heavy atom. The van der Waals surface area contributed by atoms with Gasteiger partial charge in [-0.3, -0.25) is 0 Å². The van der Waals surface area contributed by atoms with Crippen LogP contribution in [-0.2, 0) is 6.54 Å². The molecule has 0 aliphatic heterocycles. The van der Waals surface area contributed by atoms with Gasteiger partial charge in [-0.05, 0) is 36.2 Å². The molecule has 0 aliphatic rings. The van der Waals surface area contributed by atoms with Crippen LogP contribution < -0.4 is 5.73 Å². The van der Waals surface area contributed by atoms with E-state index >= 15 is 0 Å². The first-order valence-corrected chi connectivity index (χ1v) is 5.88. The van der Waals surface area contributed by atoms with Crippen molar-refractivity contribution in [3.05, 3.63) is 53.9 Å². The normalized spacial score (nSPS) is 11.0. The van der Waals surface area contributed by atoms with Gasteiger partial charge in [0.15, 0.2) is 5.65 Å². The highest BCUT2D eigenvalue weighted by atomic mass is 15.3. The van der Waals surface area contributed by atoms with E-state index in [0.717, 1.165) is 22.3 Å². The van der Waals surface area contributed by atoms with Gasteiger partial charge in [-0.1, -0.05) is 12.1 Å². The summed E-state index contributed by atoms with van der Waals surface area (Å²) >= 11 is 0. The number of aromatic nitrogens is 3. The lowest BCUT2D eigenvalue weighted by Crippen LogP contribution is -2.00. The van der Waals surface area contributed by atoms with Gasteiger partial charge in [0.1, 0.15) is 0 Å². The van der Waals surface area contributed by atoms with Gasteiger partial charge < -0.3 is 5.73 Å². The van der Waals surface area contributed by atoms with Crippen molar-refractivity contribution in [3.8, 4) is 5.69 Å². The quantitative estimate of drug-likeness (QED) is 0.744. The summed E-state index contributed by atoms with van der Waals surface area (Å²) in [4.78, 5) is 4.44. The van der Waals surface area contributed by atoms with Crippen LogP contribution in [0.5, 0.6) is 0 Å². The Labute approximate surface area is 105 Å². The Morgan fingerprint density at radius 3 is 2.89 bits per heavy atom. The van der Waals surface area contributed by atoms with Crippen LogP contribution >= 0.6 is 0 Å². The number of aryl methyl sites for hydroxylation is 1. The van der Waals surface area contributed by atoms with Crippen molar-refractivity contribution in [2.45, 2.75) is 13.5 Å². The summed E-state index contributed by atoms with van der Waals surface area (Å²) in [5.74, 6) is 0. The minimum absolute atomic E-state index is 0.499. The zero-order chi connectivity index (χ0) is 12.5. The van der Waals surface area contributed by atoms with Crippen LogP contribution in [0.15, 0.2) is 42.7 Å². The average molecular weight is 238 g/mol. The number of hydrogen-bond acceptors (Lipinski definition) is 3. The topological polar surface area (TPSA) is 56.7 Å². The van der Waals surface area contributed by atoms with Gasteiger partial charge in [-0.25, -0.2) is 9.67 Å². The molecule has 0 bridgehead atoms. The number of pyridine rings is 1. The van der Waals surface area contributed by atoms with Crippen LogP contribution in [0.1, 0.15) is 11.1 Å². The van der Waals surface area contributed by atoms with Gasteiger partial charge in [0.25, 0.3) is 0 Å². The molecule has 3 aromatic rings. The second-order valence-electron chi connectivity index (χ2n) is 4.36. The Balaban J connectivity index is 2.18. The fourth-order valence-electron chi connectivity index (χ4n) is 2.03. The number of fused-ring (bicyclic) bond motifs is 1. The molecule has 0 aliphatic carbocycles. The third-order valence-electron chi connectivity index (χ3n) is 2.95. The molecule has 0 atom stereocenters. The van der Waals surface area contributed by atoms with Crippen molar-refractivity contribution >= 4 is 11.0 Å². The molecule has 2 aromatic heterocycles. The van der Waals surface area contributed by atoms with E-state index < -0.39 is 0 Å². The maximum atomic E-state index is 5.61. The molecule has 0 radical (unpaired) electrons. The molecule has 0 fully saturated rings. The second kappa shape index (κ2) is 4.23. The lowest BCUT2D eigenvalue weighted by atomic mass is 10.2. The summed E-state index contributed by atoms with van der Waals surface area (Å²) < 4.78 is 1.85. The monoisotopic (exact) mass is 238 g/mol. The van der Waals surface area contributed by atoms with Gasteiger partial charge in [0.2, 0.25) is 0 Å². The molecule has 2 heterocycles. The Hall–Kier alpha value is -2.20. The molecule has 3 rings (SSSR count). The standard InChI is InChI=1S/C14H14N4/c1-10-3-2-4-13(5-10)18-14-12(9-17-18)6-11(7-15)8-16-14/h2-6,8-9H,7,15H2,1H3. The summed E-state index contributed by atoms with van der Waals surface area (Å²) in [7, 11) is 0. The van der Waals surface area contributed by atoms with Crippen LogP contribution in [0.25, 0.3) is 16.7 Å². The molecule has 0 saturated carbocycles. The minimum atomic E-state index is 0.499. The lowest BCUT2D eigenvalue weighted by molar-refractivity contribution is 0.894. The maximum Gasteiger partial charge on any atom is 0.162 e. The summed E-state index contributed by atoms with van der Waals surface area (Å²) in [6, 6.07) is 10.2. The number of rotatable bonds is 2. The first-order valence-electron chi connectivity index (χ1n) is 5.88. The number of benzene rings is 1. The van der Waals surface area contributed by atoms with Crippen LogP contribution in [0.3, 0.4) is 0 Å². The number of hydrogen-bond donors (Lipinski definition) is 1. The molecule has 0 saturated heterocycles. The van der Waals surface area contributed by atoms with Gasteiger partial charge in [0.05, 0.1) is 11.9 Å². The summed E-state index contributed by atoms with van der Waals surface area (Å²) in [5, 5.41) is 5.41. The molecule has 0 unspecified atom stereocenters. The molecular weight excluding hydrogens is 224 g/mol. The number of nitrogens with zero attached hydrogens (tertiary/aromatic N) is 3. The average Bonchev–Trinajstić information content (AvgIpc) is 2.81. The highest BCUT2D eigenvalue weighted by Crippen LogP contribution is 2.17. The van der Waals surface area contributed by atoms with Crippen molar-refractivity contribution in [2.75, 3.05) is 0 Å². The van der Waals surface area contributed by atoms with E-state index in [9.17, 15) is 0 Å². The van der Waals surface area contributed by atoms with E-state index in [-0.39, 0.29) is 0 Å². The first-order chi connectivity index (χ1) is 8.78. The zero-order valence-corrected chi connectivity index (χ0v) is 10.2. The Bertz CT molecular complexity index is 700. The van der Waals surface area contributed by atoms with Gasteiger partial charge in [-0.2, -0.15) is 5.10 Å². The van der Waals surface area contributed by atoms with E-state index in [1.807, 2.05) is 29.1 Å². The summed E-state index contributed by atoms with van der Waals surface area (Å²) in [6.07, 6.45) is 3.63. The molecule has 2 N–H and O–H groups in total. The van der Waals surface area contributed by atoms with Crippen molar-refractivity contribution in [1.82, 2.24) is 14.8 Å². The predicted octanol–water partition coefficient (Wildman–Crippen LogP) is 2.19. The molecule has 0 spiro atoms. The third-order valence-corrected chi connectivity index (χ3v) is 2.95. The van der Waals surface area contributed by atoms with Crippen molar-refractivity contribution in [2.24, 2.45) is 5.73 Å². The molecule has 90 valence electrons. The van der Waals surface area contributed by atoms with E-state index in [2.05, 4.69) is 29.1 Å². The third kappa shape index (κ3) is 1.76. The minimum Gasteiger partial charge on any atom is -0.326 e. The van der Waals surface area contributed by atoms with Crippen molar-refractivity contribution in [1.29, 1.82) is 0 Å². The molecular formula is C14H14N4. The molecule has 1 aromatic carbocycles. The second-order valence-corrected chi connectivity index (χ2v) is 4.36. The van der Waals surface area contributed by atoms with E-state index in [4.69, 9.17) is 5.73 Å². The van der Waals surface area contributed by atoms with E-state index in [0.29, 0.717) is 6.54 Å². The maximum absolute atomic E-state index is 5.61. The molecule has 4 heteroatoms. The fraction of sp³-hybridized carbons (Fsp3) is 0.143. The van der Waals surface area contributed by atoms with Crippen LogP contribution in [0, 0.1) is 6.92 Å². The van der Waals surface area contributed by atoms with Crippen LogP contribution in [-0.4, -0.2) is 14.8 Å². The molecule has 4 nitrogen and oxygen atoms in total. The van der Waals surface area contributed by atoms with Gasteiger partial charge in [0, 0.05) is 18.1 Å². The fourth-order valence-corrected chi connectivity index (χ4v) is 2.03. The van der Waals surface area contributed by atoms with Crippen molar-refractivity contribution < 1.29 is 0 Å².